The van der Waals surface area contributed by atoms with Crippen molar-refractivity contribution in [3.8, 4) is 22.8 Å². The van der Waals surface area contributed by atoms with E-state index in [-0.39, 0.29) is 17.4 Å². The average molecular weight is 635 g/mol. The van der Waals surface area contributed by atoms with Crippen LogP contribution in [0.15, 0.2) is 70.3 Å². The molecule has 1 aromatic heterocycles. The summed E-state index contributed by atoms with van der Waals surface area (Å²) in [6, 6.07) is 18.9. The fourth-order valence-electron chi connectivity index (χ4n) is 3.39. The number of phenolic OH excluding ortho intramolecular Hbond substituents is 1. The van der Waals surface area contributed by atoms with Gasteiger partial charge < -0.3 is 10.4 Å². The second-order valence-corrected chi connectivity index (χ2v) is 10.5. The Morgan fingerprint density at radius 2 is 1.94 bits per heavy atom. The molecule has 168 valence electrons. The summed E-state index contributed by atoms with van der Waals surface area (Å²) in [5.41, 5.74) is 4.37. The standard InChI is InChI=1S/C24H20BrIN4O2S/c1-14-6-8-20(15(2)10-14)30-23(19-11-16(25)7-9-21(19)31)28-29-24(30)33-13-22(32)27-18-5-3-4-17(26)12-18/h3-12,31H,13H2,1-2H3,(H,27,32). The number of anilines is 1. The minimum atomic E-state index is -0.135. The lowest BCUT2D eigenvalue weighted by atomic mass is 10.1. The predicted octanol–water partition coefficient (Wildman–Crippen LogP) is 6.35. The van der Waals surface area contributed by atoms with Gasteiger partial charge in [-0.3, -0.25) is 9.36 Å². The zero-order valence-electron chi connectivity index (χ0n) is 17.8. The number of carbonyl (C=O) groups excluding carboxylic acids is 1. The van der Waals surface area contributed by atoms with Crippen LogP contribution in [-0.2, 0) is 4.79 Å². The Bertz CT molecular complexity index is 1340. The van der Waals surface area contributed by atoms with E-state index >= 15 is 0 Å². The highest BCUT2D eigenvalue weighted by atomic mass is 127. The van der Waals surface area contributed by atoms with Crippen LogP contribution in [0, 0.1) is 17.4 Å². The highest BCUT2D eigenvalue weighted by Crippen LogP contribution is 2.35. The molecule has 1 heterocycles. The Morgan fingerprint density at radius 1 is 1.12 bits per heavy atom. The number of aromatic nitrogens is 3. The van der Waals surface area contributed by atoms with Crippen molar-refractivity contribution < 1.29 is 9.90 Å². The summed E-state index contributed by atoms with van der Waals surface area (Å²) in [4.78, 5) is 12.6. The fourth-order valence-corrected chi connectivity index (χ4v) is 5.04. The lowest BCUT2D eigenvalue weighted by Crippen LogP contribution is -2.14. The molecule has 9 heteroatoms. The van der Waals surface area contributed by atoms with E-state index in [0.717, 1.165) is 30.5 Å². The van der Waals surface area contributed by atoms with Crippen molar-refractivity contribution in [1.82, 2.24) is 14.8 Å². The predicted molar refractivity (Wildman–Crippen MR) is 144 cm³/mol. The van der Waals surface area contributed by atoms with Crippen molar-refractivity contribution in [2.45, 2.75) is 19.0 Å². The Labute approximate surface area is 218 Å². The first-order valence-electron chi connectivity index (χ1n) is 10.0. The summed E-state index contributed by atoms with van der Waals surface area (Å²) in [7, 11) is 0. The molecule has 1 amide bonds. The van der Waals surface area contributed by atoms with Crippen LogP contribution in [0.4, 0.5) is 5.69 Å². The number of benzene rings is 3. The molecule has 0 bridgehead atoms. The molecule has 0 spiro atoms. The molecule has 6 nitrogen and oxygen atoms in total. The van der Waals surface area contributed by atoms with E-state index < -0.39 is 0 Å². The van der Waals surface area contributed by atoms with Crippen molar-refractivity contribution in [2.75, 3.05) is 11.1 Å². The van der Waals surface area contributed by atoms with Crippen LogP contribution >= 0.6 is 50.3 Å². The van der Waals surface area contributed by atoms with Crippen LogP contribution in [0.25, 0.3) is 17.1 Å². The zero-order valence-corrected chi connectivity index (χ0v) is 22.4. The van der Waals surface area contributed by atoms with Crippen molar-refractivity contribution in [1.29, 1.82) is 0 Å². The minimum Gasteiger partial charge on any atom is -0.507 e. The van der Waals surface area contributed by atoms with Crippen LogP contribution in [0.2, 0.25) is 0 Å². The second kappa shape index (κ2) is 10.3. The quantitative estimate of drug-likeness (QED) is 0.191. The Balaban J connectivity index is 1.68. The van der Waals surface area contributed by atoms with Gasteiger partial charge >= 0.3 is 0 Å². The highest BCUT2D eigenvalue weighted by molar-refractivity contribution is 14.1. The zero-order chi connectivity index (χ0) is 23.5. The number of aryl methyl sites for hydroxylation is 2. The number of hydrogen-bond acceptors (Lipinski definition) is 5. The number of rotatable bonds is 6. The fraction of sp³-hybridized carbons (Fsp3) is 0.125. The molecule has 2 N–H and O–H groups in total. The van der Waals surface area contributed by atoms with Crippen molar-refractivity contribution in [2.24, 2.45) is 0 Å². The Morgan fingerprint density at radius 3 is 2.70 bits per heavy atom. The number of thioether (sulfide) groups is 1. The summed E-state index contributed by atoms with van der Waals surface area (Å²) in [5.74, 6) is 0.633. The normalized spacial score (nSPS) is 10.9. The maximum Gasteiger partial charge on any atom is 0.234 e. The van der Waals surface area contributed by atoms with Gasteiger partial charge in [0.15, 0.2) is 11.0 Å². The molecule has 0 radical (unpaired) electrons. The Kier molecular flexibility index (Phi) is 7.40. The van der Waals surface area contributed by atoms with Crippen LogP contribution in [-0.4, -0.2) is 31.5 Å². The van der Waals surface area contributed by atoms with Gasteiger partial charge in [0, 0.05) is 13.7 Å². The SMILES string of the molecule is Cc1ccc(-n2c(SCC(=O)Nc3cccc(I)c3)nnc2-c2cc(Br)ccc2O)c(C)c1. The van der Waals surface area contributed by atoms with E-state index in [1.54, 1.807) is 18.2 Å². The van der Waals surface area contributed by atoms with Gasteiger partial charge in [-0.1, -0.05) is 51.5 Å². The van der Waals surface area contributed by atoms with Crippen LogP contribution in [0.1, 0.15) is 11.1 Å². The lowest BCUT2D eigenvalue weighted by molar-refractivity contribution is -0.113. The van der Waals surface area contributed by atoms with Crippen LogP contribution in [0.5, 0.6) is 5.75 Å². The van der Waals surface area contributed by atoms with Crippen LogP contribution in [0.3, 0.4) is 0 Å². The third-order valence-electron chi connectivity index (χ3n) is 4.87. The van der Waals surface area contributed by atoms with Gasteiger partial charge in [0.1, 0.15) is 5.75 Å². The largest absolute Gasteiger partial charge is 0.507 e. The number of nitrogens with zero attached hydrogens (tertiary/aromatic N) is 3. The molecule has 0 fully saturated rings. The van der Waals surface area contributed by atoms with E-state index in [0.29, 0.717) is 16.5 Å². The molecule has 3 aromatic carbocycles. The van der Waals surface area contributed by atoms with Gasteiger partial charge in [-0.2, -0.15) is 0 Å². The third-order valence-corrected chi connectivity index (χ3v) is 6.96. The smallest absolute Gasteiger partial charge is 0.234 e. The topological polar surface area (TPSA) is 80.0 Å². The number of hydrogen-bond donors (Lipinski definition) is 2. The molecule has 0 aliphatic rings. The van der Waals surface area contributed by atoms with Crippen molar-refractivity contribution in [3.05, 3.63) is 79.8 Å². The number of aromatic hydroxyl groups is 1. The molecule has 0 saturated carbocycles. The van der Waals surface area contributed by atoms with E-state index in [2.05, 4.69) is 60.1 Å². The van der Waals surface area contributed by atoms with E-state index in [1.807, 2.05) is 54.8 Å². The highest BCUT2D eigenvalue weighted by Gasteiger charge is 2.21. The summed E-state index contributed by atoms with van der Waals surface area (Å²) in [6.07, 6.45) is 0. The molecule has 33 heavy (non-hydrogen) atoms. The molecule has 0 aliphatic carbocycles. The maximum absolute atomic E-state index is 12.6. The van der Waals surface area contributed by atoms with Gasteiger partial charge in [-0.05, 0) is 84.5 Å². The van der Waals surface area contributed by atoms with Gasteiger partial charge in [-0.25, -0.2) is 0 Å². The first-order chi connectivity index (χ1) is 15.8. The number of nitrogens with one attached hydrogen (secondary N) is 1. The third kappa shape index (κ3) is 5.59. The van der Waals surface area contributed by atoms with Gasteiger partial charge in [0.25, 0.3) is 0 Å². The molecule has 0 atom stereocenters. The molecule has 0 aliphatic heterocycles. The lowest BCUT2D eigenvalue weighted by Gasteiger charge is -2.14. The van der Waals surface area contributed by atoms with E-state index in [4.69, 9.17) is 0 Å². The maximum atomic E-state index is 12.6. The summed E-state index contributed by atoms with van der Waals surface area (Å²) in [6.45, 7) is 4.06. The molecule has 4 rings (SSSR count). The van der Waals surface area contributed by atoms with Crippen molar-refractivity contribution >= 4 is 61.9 Å². The molecular formula is C24H20BrIN4O2S. The first-order valence-corrected chi connectivity index (χ1v) is 12.9. The number of carbonyl (C=O) groups is 1. The monoisotopic (exact) mass is 634 g/mol. The van der Waals surface area contributed by atoms with Gasteiger partial charge in [0.05, 0.1) is 17.0 Å². The molecule has 0 unspecified atom stereocenters. The minimum absolute atomic E-state index is 0.101. The van der Waals surface area contributed by atoms with E-state index in [9.17, 15) is 9.90 Å². The van der Waals surface area contributed by atoms with Gasteiger partial charge in [0.2, 0.25) is 5.91 Å². The average Bonchev–Trinajstić information content (AvgIpc) is 3.17. The summed E-state index contributed by atoms with van der Waals surface area (Å²) >= 11 is 6.97. The van der Waals surface area contributed by atoms with Crippen LogP contribution < -0.4 is 5.32 Å². The molecular weight excluding hydrogens is 615 g/mol. The summed E-state index contributed by atoms with van der Waals surface area (Å²) < 4.78 is 3.75. The number of amides is 1. The van der Waals surface area contributed by atoms with Crippen molar-refractivity contribution in [3.63, 3.8) is 0 Å². The van der Waals surface area contributed by atoms with E-state index in [1.165, 1.54) is 11.8 Å². The Hall–Kier alpha value is -2.37. The molecule has 0 saturated heterocycles. The van der Waals surface area contributed by atoms with Gasteiger partial charge in [-0.15, -0.1) is 10.2 Å². The molecule has 4 aromatic rings. The summed E-state index contributed by atoms with van der Waals surface area (Å²) in [5, 5.41) is 22.7. The number of phenols is 1. The second-order valence-electron chi connectivity index (χ2n) is 7.44. The number of halogens is 2. The first kappa shape index (κ1) is 23.8.